The molecule has 0 radical (unpaired) electrons. The number of para-hydroxylation sites is 1. The van der Waals surface area contributed by atoms with E-state index in [1.54, 1.807) is 24.3 Å². The van der Waals surface area contributed by atoms with Crippen LogP contribution in [-0.4, -0.2) is 23.5 Å². The third-order valence-corrected chi connectivity index (χ3v) is 2.03. The molecule has 0 bridgehead atoms. The van der Waals surface area contributed by atoms with Gasteiger partial charge >= 0.3 is 0 Å². The van der Waals surface area contributed by atoms with E-state index < -0.39 is 5.91 Å². The van der Waals surface area contributed by atoms with Gasteiger partial charge in [0.1, 0.15) is 0 Å². The molecule has 0 heterocycles. The number of hydrogen-bond acceptors (Lipinski definition) is 3. The Bertz CT molecular complexity index is 391. The Hall–Kier alpha value is -1.88. The van der Waals surface area contributed by atoms with Crippen LogP contribution in [0.5, 0.6) is 0 Å². The van der Waals surface area contributed by atoms with E-state index in [0.29, 0.717) is 12.1 Å². The Balaban J connectivity index is 2.73. The molecular formula is C11H14N2O3. The summed E-state index contributed by atoms with van der Waals surface area (Å²) >= 11 is 0. The molecule has 5 nitrogen and oxygen atoms in total. The minimum Gasteiger partial charge on any atom is -0.396 e. The van der Waals surface area contributed by atoms with E-state index in [4.69, 9.17) is 10.8 Å². The molecule has 0 saturated carbocycles. The highest BCUT2D eigenvalue weighted by Crippen LogP contribution is 2.14. The number of primary amides is 1. The second kappa shape index (κ2) is 5.87. The van der Waals surface area contributed by atoms with Gasteiger partial charge in [-0.15, -0.1) is 0 Å². The highest BCUT2D eigenvalue weighted by Gasteiger charge is 2.09. The molecule has 1 rings (SSSR count). The Morgan fingerprint density at radius 1 is 1.31 bits per heavy atom. The Kier molecular flexibility index (Phi) is 4.47. The maximum absolute atomic E-state index is 11.4. The van der Waals surface area contributed by atoms with Crippen molar-refractivity contribution in [3.05, 3.63) is 29.8 Å². The van der Waals surface area contributed by atoms with Crippen molar-refractivity contribution >= 4 is 17.5 Å². The van der Waals surface area contributed by atoms with Crippen LogP contribution in [0.2, 0.25) is 0 Å². The second-order valence-corrected chi connectivity index (χ2v) is 3.29. The number of nitrogens with two attached hydrogens (primary N) is 1. The van der Waals surface area contributed by atoms with Gasteiger partial charge in [0.25, 0.3) is 5.91 Å². The lowest BCUT2D eigenvalue weighted by atomic mass is 10.1. The minimum absolute atomic E-state index is 0.0368. The van der Waals surface area contributed by atoms with Gasteiger partial charge in [0, 0.05) is 13.0 Å². The zero-order valence-electron chi connectivity index (χ0n) is 8.77. The number of benzene rings is 1. The minimum atomic E-state index is -0.585. The summed E-state index contributed by atoms with van der Waals surface area (Å²) in [4.78, 5) is 22.4. The van der Waals surface area contributed by atoms with Crippen LogP contribution in [0, 0.1) is 0 Å². The van der Waals surface area contributed by atoms with Crippen molar-refractivity contribution in [3.8, 4) is 0 Å². The van der Waals surface area contributed by atoms with Gasteiger partial charge in [-0.05, 0) is 18.6 Å². The quantitative estimate of drug-likeness (QED) is 0.677. The van der Waals surface area contributed by atoms with E-state index >= 15 is 0 Å². The first kappa shape index (κ1) is 12.2. The summed E-state index contributed by atoms with van der Waals surface area (Å²) < 4.78 is 0. The standard InChI is InChI=1S/C11H14N2O3/c12-11(16)8-4-1-2-5-9(8)13-10(15)6-3-7-14/h1-2,4-5,14H,3,6-7H2,(H2,12,16)(H,13,15). The summed E-state index contributed by atoms with van der Waals surface area (Å²) in [6.07, 6.45) is 0.605. The molecule has 0 fully saturated rings. The van der Waals surface area contributed by atoms with E-state index in [2.05, 4.69) is 5.32 Å². The molecule has 0 saturated heterocycles. The second-order valence-electron chi connectivity index (χ2n) is 3.29. The molecule has 0 aromatic heterocycles. The maximum atomic E-state index is 11.4. The highest BCUT2D eigenvalue weighted by atomic mass is 16.3. The number of carbonyl (C=O) groups excluding carboxylic acids is 2. The van der Waals surface area contributed by atoms with E-state index in [9.17, 15) is 9.59 Å². The van der Waals surface area contributed by atoms with Crippen molar-refractivity contribution in [2.45, 2.75) is 12.8 Å². The summed E-state index contributed by atoms with van der Waals surface area (Å²) in [5, 5.41) is 11.1. The van der Waals surface area contributed by atoms with Crippen molar-refractivity contribution in [3.63, 3.8) is 0 Å². The first-order valence-corrected chi connectivity index (χ1v) is 4.94. The highest BCUT2D eigenvalue weighted by molar-refractivity contribution is 6.02. The zero-order valence-corrected chi connectivity index (χ0v) is 8.77. The van der Waals surface area contributed by atoms with Crippen LogP contribution in [0.3, 0.4) is 0 Å². The van der Waals surface area contributed by atoms with Crippen molar-refractivity contribution in [2.24, 2.45) is 5.73 Å². The fourth-order valence-electron chi connectivity index (χ4n) is 1.26. The van der Waals surface area contributed by atoms with E-state index in [1.165, 1.54) is 0 Å². The molecule has 5 heteroatoms. The summed E-state index contributed by atoms with van der Waals surface area (Å²) in [5.74, 6) is -0.833. The van der Waals surface area contributed by atoms with Crippen molar-refractivity contribution < 1.29 is 14.7 Å². The average molecular weight is 222 g/mol. The van der Waals surface area contributed by atoms with E-state index in [-0.39, 0.29) is 24.5 Å². The van der Waals surface area contributed by atoms with Gasteiger partial charge in [0.15, 0.2) is 0 Å². The van der Waals surface area contributed by atoms with Crippen LogP contribution in [-0.2, 0) is 4.79 Å². The van der Waals surface area contributed by atoms with Gasteiger partial charge in [-0.3, -0.25) is 9.59 Å². The molecule has 1 aromatic carbocycles. The Morgan fingerprint density at radius 2 is 2.00 bits per heavy atom. The normalized spacial score (nSPS) is 9.81. The van der Waals surface area contributed by atoms with Crippen LogP contribution in [0.4, 0.5) is 5.69 Å². The van der Waals surface area contributed by atoms with Gasteiger partial charge in [-0.2, -0.15) is 0 Å². The lowest BCUT2D eigenvalue weighted by Crippen LogP contribution is -2.18. The van der Waals surface area contributed by atoms with Crippen LogP contribution >= 0.6 is 0 Å². The molecule has 86 valence electrons. The predicted molar refractivity (Wildman–Crippen MR) is 59.9 cm³/mol. The summed E-state index contributed by atoms with van der Waals surface area (Å²) in [5.41, 5.74) is 5.84. The number of aliphatic hydroxyl groups excluding tert-OH is 1. The molecule has 0 atom stereocenters. The summed E-state index contributed by atoms with van der Waals surface area (Å²) in [6, 6.07) is 6.53. The van der Waals surface area contributed by atoms with Crippen LogP contribution in [0.1, 0.15) is 23.2 Å². The monoisotopic (exact) mass is 222 g/mol. The van der Waals surface area contributed by atoms with Crippen LogP contribution in [0.25, 0.3) is 0 Å². The van der Waals surface area contributed by atoms with Crippen molar-refractivity contribution in [1.82, 2.24) is 0 Å². The first-order valence-electron chi connectivity index (χ1n) is 4.94. The molecule has 0 aliphatic rings. The number of rotatable bonds is 5. The van der Waals surface area contributed by atoms with E-state index in [0.717, 1.165) is 0 Å². The van der Waals surface area contributed by atoms with Gasteiger partial charge < -0.3 is 16.2 Å². The Labute approximate surface area is 93.3 Å². The predicted octanol–water partition coefficient (Wildman–Crippen LogP) is 0.496. The molecule has 0 spiro atoms. The first-order chi connectivity index (χ1) is 7.65. The number of aliphatic hydroxyl groups is 1. The lowest BCUT2D eigenvalue weighted by molar-refractivity contribution is -0.116. The average Bonchev–Trinajstić information content (AvgIpc) is 2.27. The number of carbonyl (C=O) groups is 2. The third kappa shape index (κ3) is 3.36. The number of anilines is 1. The number of nitrogens with one attached hydrogen (secondary N) is 1. The fraction of sp³-hybridized carbons (Fsp3) is 0.273. The topological polar surface area (TPSA) is 92.4 Å². The van der Waals surface area contributed by atoms with Crippen LogP contribution in [0.15, 0.2) is 24.3 Å². The van der Waals surface area contributed by atoms with Gasteiger partial charge in [-0.25, -0.2) is 0 Å². The molecule has 0 aliphatic carbocycles. The lowest BCUT2D eigenvalue weighted by Gasteiger charge is -2.07. The molecule has 4 N–H and O–H groups in total. The number of hydrogen-bond donors (Lipinski definition) is 3. The van der Waals surface area contributed by atoms with Crippen molar-refractivity contribution in [1.29, 1.82) is 0 Å². The molecule has 0 aliphatic heterocycles. The number of amides is 2. The molecule has 2 amide bonds. The van der Waals surface area contributed by atoms with Crippen LogP contribution < -0.4 is 11.1 Å². The molecule has 0 unspecified atom stereocenters. The van der Waals surface area contributed by atoms with Gasteiger partial charge in [-0.1, -0.05) is 12.1 Å². The zero-order chi connectivity index (χ0) is 12.0. The summed E-state index contributed by atoms with van der Waals surface area (Å²) in [7, 11) is 0. The smallest absolute Gasteiger partial charge is 0.250 e. The Morgan fingerprint density at radius 3 is 2.62 bits per heavy atom. The van der Waals surface area contributed by atoms with E-state index in [1.807, 2.05) is 0 Å². The maximum Gasteiger partial charge on any atom is 0.250 e. The fourth-order valence-corrected chi connectivity index (χ4v) is 1.26. The van der Waals surface area contributed by atoms with Crippen molar-refractivity contribution in [2.75, 3.05) is 11.9 Å². The molecular weight excluding hydrogens is 208 g/mol. The SMILES string of the molecule is NC(=O)c1ccccc1NC(=O)CCCO. The summed E-state index contributed by atoms with van der Waals surface area (Å²) in [6.45, 7) is -0.0368. The largest absolute Gasteiger partial charge is 0.396 e. The van der Waals surface area contributed by atoms with Gasteiger partial charge in [0.05, 0.1) is 11.3 Å². The molecule has 1 aromatic rings. The third-order valence-electron chi connectivity index (χ3n) is 2.03. The molecule has 16 heavy (non-hydrogen) atoms. The van der Waals surface area contributed by atoms with Gasteiger partial charge in [0.2, 0.25) is 5.91 Å².